The number of ether oxygens (including phenoxy) is 1. The minimum Gasteiger partial charge on any atom is -0.495 e. The molecule has 7 nitrogen and oxygen atoms in total. The van der Waals surface area contributed by atoms with Gasteiger partial charge in [-0.2, -0.15) is 0 Å². The van der Waals surface area contributed by atoms with Crippen molar-refractivity contribution in [1.82, 2.24) is 4.98 Å². The van der Waals surface area contributed by atoms with Crippen molar-refractivity contribution in [2.45, 2.75) is 41.7 Å². The molecule has 2 saturated carbocycles. The van der Waals surface area contributed by atoms with Gasteiger partial charge in [-0.15, -0.1) is 11.3 Å². The first-order valence-corrected chi connectivity index (χ1v) is 16.4. The average molecular weight is 617 g/mol. The highest BCUT2D eigenvalue weighted by atomic mass is 32.2. The number of methoxy groups -OCH3 is 1. The maximum atomic E-state index is 14.3. The van der Waals surface area contributed by atoms with E-state index in [2.05, 4.69) is 40.0 Å². The number of nitrogens with one attached hydrogen (secondary N) is 1. The number of hydrogen-bond donors (Lipinski definition) is 2. The summed E-state index contributed by atoms with van der Waals surface area (Å²) in [6.45, 7) is 0. The van der Waals surface area contributed by atoms with Gasteiger partial charge in [0.05, 0.1) is 24.6 Å². The normalized spacial score (nSPS) is 22.3. The molecule has 8 rings (SSSR count). The molecule has 2 N–H and O–H groups in total. The number of nitrogens with zero attached hydrogens (tertiary/aromatic N) is 1. The van der Waals surface area contributed by atoms with Crippen LogP contribution >= 0.6 is 11.3 Å². The number of benzene rings is 3. The number of carboxylic acids is 1. The Hall–Kier alpha value is -4.02. The molecule has 2 unspecified atom stereocenters. The molecule has 4 aliphatic carbocycles. The third-order valence-corrected chi connectivity index (χ3v) is 11.9. The van der Waals surface area contributed by atoms with E-state index >= 15 is 0 Å². The van der Waals surface area contributed by atoms with Gasteiger partial charge in [0.1, 0.15) is 16.6 Å². The summed E-state index contributed by atoms with van der Waals surface area (Å²) in [5.41, 5.74) is 5.54. The molecular formula is C33H29FN2O5S2. The van der Waals surface area contributed by atoms with E-state index in [1.54, 1.807) is 5.57 Å². The van der Waals surface area contributed by atoms with Crippen molar-refractivity contribution < 1.29 is 27.4 Å². The summed E-state index contributed by atoms with van der Waals surface area (Å²) in [4.78, 5) is 15.5. The molecule has 0 saturated heterocycles. The van der Waals surface area contributed by atoms with E-state index in [4.69, 9.17) is 9.84 Å². The van der Waals surface area contributed by atoms with Crippen LogP contribution in [0.3, 0.4) is 0 Å². The van der Waals surface area contributed by atoms with E-state index in [1.807, 2.05) is 24.3 Å². The highest BCUT2D eigenvalue weighted by Crippen LogP contribution is 2.58. The topological polar surface area (TPSA) is 106 Å². The summed E-state index contributed by atoms with van der Waals surface area (Å²) in [5.74, 6) is -1.11. The van der Waals surface area contributed by atoms with Gasteiger partial charge in [-0.05, 0) is 72.1 Å². The predicted molar refractivity (Wildman–Crippen MR) is 164 cm³/mol. The van der Waals surface area contributed by atoms with E-state index in [1.165, 1.54) is 51.0 Å². The summed E-state index contributed by atoms with van der Waals surface area (Å²) in [6.07, 6.45) is 10.2. The monoisotopic (exact) mass is 616 g/mol. The van der Waals surface area contributed by atoms with Gasteiger partial charge in [0.25, 0.3) is 10.0 Å². The Morgan fingerprint density at radius 3 is 2.42 bits per heavy atom. The van der Waals surface area contributed by atoms with Gasteiger partial charge in [-0.1, -0.05) is 60.2 Å². The summed E-state index contributed by atoms with van der Waals surface area (Å²) in [7, 11) is -2.91. The number of aromatic nitrogens is 1. The van der Waals surface area contributed by atoms with Crippen molar-refractivity contribution in [3.05, 3.63) is 95.5 Å². The van der Waals surface area contributed by atoms with Crippen LogP contribution in [0.2, 0.25) is 0 Å². The number of allylic oxidation sites excluding steroid dienone is 2. The number of halogens is 1. The molecule has 10 heteroatoms. The zero-order chi connectivity index (χ0) is 29.9. The second kappa shape index (κ2) is 10.3. The Balaban J connectivity index is 1.08. The van der Waals surface area contributed by atoms with E-state index in [-0.39, 0.29) is 15.6 Å². The minimum absolute atomic E-state index is 0.0765. The number of hydrogen-bond acceptors (Lipinski definition) is 6. The molecule has 3 aromatic carbocycles. The summed E-state index contributed by atoms with van der Waals surface area (Å²) >= 11 is 0.974. The fourth-order valence-corrected chi connectivity index (χ4v) is 9.53. The Labute approximate surface area is 253 Å². The van der Waals surface area contributed by atoms with Crippen molar-refractivity contribution >= 4 is 33.0 Å². The van der Waals surface area contributed by atoms with E-state index in [0.717, 1.165) is 52.0 Å². The minimum atomic E-state index is -4.15. The predicted octanol–water partition coefficient (Wildman–Crippen LogP) is 7.51. The molecule has 0 amide bonds. The molecule has 4 bridgehead atoms. The molecule has 1 heterocycles. The number of rotatable bonds is 8. The van der Waals surface area contributed by atoms with Crippen LogP contribution in [0.15, 0.2) is 82.7 Å². The maximum absolute atomic E-state index is 14.3. The molecule has 4 aliphatic rings. The second-order valence-electron chi connectivity index (χ2n) is 11.8. The van der Waals surface area contributed by atoms with Gasteiger partial charge < -0.3 is 9.84 Å². The lowest BCUT2D eigenvalue weighted by Gasteiger charge is -2.53. The van der Waals surface area contributed by atoms with E-state index < -0.39 is 27.4 Å². The van der Waals surface area contributed by atoms with Crippen molar-refractivity contribution in [3.63, 3.8) is 0 Å². The highest BCUT2D eigenvalue weighted by molar-refractivity contribution is 7.94. The average Bonchev–Trinajstić information content (AvgIpc) is 3.48. The highest BCUT2D eigenvalue weighted by Gasteiger charge is 2.48. The lowest BCUT2D eigenvalue weighted by atomic mass is 9.52. The van der Waals surface area contributed by atoms with Gasteiger partial charge in [-0.3, -0.25) is 4.72 Å². The van der Waals surface area contributed by atoms with Gasteiger partial charge in [-0.25, -0.2) is 22.6 Å². The molecule has 0 radical (unpaired) electrons. The van der Waals surface area contributed by atoms with E-state index in [9.17, 15) is 17.6 Å². The molecule has 220 valence electrons. The first kappa shape index (κ1) is 27.8. The third-order valence-electron chi connectivity index (χ3n) is 9.03. The second-order valence-corrected chi connectivity index (χ2v) is 14.8. The van der Waals surface area contributed by atoms with Crippen molar-refractivity contribution in [2.24, 2.45) is 11.8 Å². The van der Waals surface area contributed by atoms with Crippen LogP contribution in [0, 0.1) is 17.7 Å². The first-order valence-electron chi connectivity index (χ1n) is 14.1. The molecule has 3 atom stereocenters. The number of anilines is 1. The quantitative estimate of drug-likeness (QED) is 0.199. The van der Waals surface area contributed by atoms with Crippen LogP contribution in [0.5, 0.6) is 5.75 Å². The summed E-state index contributed by atoms with van der Waals surface area (Å²) in [6, 6.07) is 18.6. The first-order chi connectivity index (χ1) is 20.6. The molecule has 1 aromatic heterocycles. The number of carbonyl (C=O) groups is 1. The Morgan fingerprint density at radius 1 is 1.07 bits per heavy atom. The Bertz CT molecular complexity index is 1880. The molecule has 43 heavy (non-hydrogen) atoms. The van der Waals surface area contributed by atoms with Gasteiger partial charge in [0, 0.05) is 11.6 Å². The zero-order valence-electron chi connectivity index (χ0n) is 23.3. The molecule has 0 aliphatic heterocycles. The number of thiazole rings is 1. The number of aromatic carboxylic acids is 1. The van der Waals surface area contributed by atoms with Gasteiger partial charge >= 0.3 is 5.97 Å². The fourth-order valence-electron chi connectivity index (χ4n) is 7.33. The molecule has 0 spiro atoms. The summed E-state index contributed by atoms with van der Waals surface area (Å²) < 4.78 is 47.7. The van der Waals surface area contributed by atoms with Crippen LogP contribution in [0.4, 0.5) is 10.1 Å². The van der Waals surface area contributed by atoms with Crippen molar-refractivity contribution in [3.8, 4) is 27.4 Å². The fraction of sp³-hybridized carbons (Fsp3) is 0.273. The lowest BCUT2D eigenvalue weighted by molar-refractivity contribution is 0.0691. The maximum Gasteiger partial charge on any atom is 0.338 e. The van der Waals surface area contributed by atoms with E-state index in [0.29, 0.717) is 10.4 Å². The van der Waals surface area contributed by atoms with Crippen LogP contribution in [-0.2, 0) is 15.4 Å². The molecule has 2 fully saturated rings. The van der Waals surface area contributed by atoms with Gasteiger partial charge in [0.2, 0.25) is 0 Å². The summed E-state index contributed by atoms with van der Waals surface area (Å²) in [5, 5.41) is 9.65. The van der Waals surface area contributed by atoms with Crippen LogP contribution in [-0.4, -0.2) is 31.6 Å². The van der Waals surface area contributed by atoms with Crippen molar-refractivity contribution in [2.75, 3.05) is 11.8 Å². The van der Waals surface area contributed by atoms with Crippen molar-refractivity contribution in [1.29, 1.82) is 0 Å². The van der Waals surface area contributed by atoms with Gasteiger partial charge in [0.15, 0.2) is 4.21 Å². The van der Waals surface area contributed by atoms with Crippen LogP contribution in [0.25, 0.3) is 21.7 Å². The molecular weight excluding hydrogens is 588 g/mol. The Morgan fingerprint density at radius 2 is 1.77 bits per heavy atom. The standard InChI is InChI=1S/C33H29FN2O5S2/c1-41-29-13-26(32(37)38)27(34)14-28(29)36-43(39,40)30-18-35-31(42-30)24-4-2-22(3-5-24)23-6-8-25(9-7-23)33-15-19-10-20(16-33)12-21(11-19)17-33/h2-10,13-14,18-19,21,36H,11-12,15-17H2,1H3,(H,37,38)/t19?,21-,33?/m1/s1. The Kier molecular flexibility index (Phi) is 6.66. The van der Waals surface area contributed by atoms with Crippen LogP contribution < -0.4 is 9.46 Å². The smallest absolute Gasteiger partial charge is 0.338 e. The SMILES string of the molecule is COc1cc(C(=O)O)c(F)cc1NS(=O)(=O)c1cnc(-c2ccc(-c3ccc(C45CC6=CC(C[C@H](C6)C4)C5)cc3)cc2)s1. The number of sulfonamides is 1. The lowest BCUT2D eigenvalue weighted by Crippen LogP contribution is -2.43. The zero-order valence-corrected chi connectivity index (χ0v) is 25.0. The molecule has 4 aromatic rings. The van der Waals surface area contributed by atoms with Crippen LogP contribution in [0.1, 0.15) is 48.0 Å². The number of carboxylic acid groups (broad SMARTS) is 1. The third kappa shape index (κ3) is 5.02. The largest absolute Gasteiger partial charge is 0.495 e.